The Hall–Kier alpha value is -1.50. The average Bonchev–Trinajstić information content (AvgIpc) is 2.27. The highest BCUT2D eigenvalue weighted by Gasteiger charge is 2.07. The van der Waals surface area contributed by atoms with Crippen LogP contribution in [0.1, 0.15) is 25.0 Å². The minimum atomic E-state index is 0.168. The summed E-state index contributed by atoms with van der Waals surface area (Å²) in [6, 6.07) is 9.97. The summed E-state index contributed by atoms with van der Waals surface area (Å²) in [5.41, 5.74) is 2.28. The van der Waals surface area contributed by atoms with E-state index in [-0.39, 0.29) is 5.75 Å². The van der Waals surface area contributed by atoms with E-state index in [1.54, 1.807) is 6.07 Å². The first kappa shape index (κ1) is 10.0. The first-order chi connectivity index (χ1) is 7.26. The van der Waals surface area contributed by atoms with Crippen molar-refractivity contribution in [2.24, 2.45) is 0 Å². The summed E-state index contributed by atoms with van der Waals surface area (Å²) in [5, 5.41) is 13.9. The van der Waals surface area contributed by atoms with E-state index in [0.717, 1.165) is 34.7 Å². The van der Waals surface area contributed by atoms with Gasteiger partial charge in [0.2, 0.25) is 0 Å². The summed E-state index contributed by atoms with van der Waals surface area (Å²) in [6.45, 7) is 4.16. The van der Waals surface area contributed by atoms with Crippen LogP contribution in [0.4, 0.5) is 0 Å². The van der Waals surface area contributed by atoms with Crippen LogP contribution in [0.15, 0.2) is 30.3 Å². The summed E-state index contributed by atoms with van der Waals surface area (Å²) < 4.78 is 0. The van der Waals surface area contributed by atoms with Gasteiger partial charge in [-0.2, -0.15) is 0 Å². The van der Waals surface area contributed by atoms with Gasteiger partial charge >= 0.3 is 0 Å². The Morgan fingerprint density at radius 3 is 2.53 bits per heavy atom. The standard InChI is InChI=1S/C14H15O/c1-3-10-8-12-7-5-6-11(4-2)14(12)13(15)9-10/h5-9H,3-4H2,1-2H3. The normalized spacial score (nSPS) is 10.8. The van der Waals surface area contributed by atoms with Crippen LogP contribution in [0, 0.1) is 0 Å². The van der Waals surface area contributed by atoms with Crippen molar-refractivity contribution < 1.29 is 5.11 Å². The Kier molecular flexibility index (Phi) is 2.63. The van der Waals surface area contributed by atoms with Crippen LogP contribution in [0.25, 0.3) is 10.8 Å². The van der Waals surface area contributed by atoms with Crippen molar-refractivity contribution in [1.82, 2.24) is 0 Å². The molecule has 0 aliphatic rings. The smallest absolute Gasteiger partial charge is 0.186 e. The molecule has 0 fully saturated rings. The maximum Gasteiger partial charge on any atom is 0.186 e. The van der Waals surface area contributed by atoms with E-state index in [1.807, 2.05) is 18.2 Å². The minimum Gasteiger partial charge on any atom is -0.289 e. The Labute approximate surface area is 90.4 Å². The zero-order chi connectivity index (χ0) is 10.8. The molecule has 0 aliphatic heterocycles. The second-order valence-corrected chi connectivity index (χ2v) is 3.82. The fourth-order valence-corrected chi connectivity index (χ4v) is 2.02. The maximum atomic E-state index is 11.9. The number of benzene rings is 2. The SMILES string of the molecule is CCc1cc([O])c2c(CC)cccc2c1. The predicted octanol–water partition coefficient (Wildman–Crippen LogP) is 4.11. The minimum absolute atomic E-state index is 0.168. The Balaban J connectivity index is 2.78. The molecule has 0 saturated heterocycles. The van der Waals surface area contributed by atoms with Gasteiger partial charge in [-0.3, -0.25) is 5.11 Å². The Bertz CT molecular complexity index is 486. The lowest BCUT2D eigenvalue weighted by Crippen LogP contribution is -1.86. The van der Waals surface area contributed by atoms with E-state index in [0.29, 0.717) is 0 Å². The lowest BCUT2D eigenvalue weighted by Gasteiger charge is -2.06. The number of fused-ring (bicyclic) bond motifs is 1. The van der Waals surface area contributed by atoms with Gasteiger partial charge in [0.1, 0.15) is 0 Å². The second-order valence-electron chi connectivity index (χ2n) is 3.82. The molecule has 0 aromatic heterocycles. The molecule has 0 heterocycles. The van der Waals surface area contributed by atoms with Crippen molar-refractivity contribution in [3.05, 3.63) is 41.5 Å². The molecule has 0 amide bonds. The zero-order valence-electron chi connectivity index (χ0n) is 9.21. The van der Waals surface area contributed by atoms with Gasteiger partial charge in [0.25, 0.3) is 0 Å². The largest absolute Gasteiger partial charge is 0.289 e. The van der Waals surface area contributed by atoms with E-state index in [4.69, 9.17) is 0 Å². The van der Waals surface area contributed by atoms with Gasteiger partial charge in [0.05, 0.1) is 0 Å². The molecule has 2 rings (SSSR count). The third-order valence-electron chi connectivity index (χ3n) is 2.88. The van der Waals surface area contributed by atoms with Crippen molar-refractivity contribution in [3.63, 3.8) is 0 Å². The summed E-state index contributed by atoms with van der Waals surface area (Å²) in [6.07, 6.45) is 1.83. The molecule has 0 spiro atoms. The highest BCUT2D eigenvalue weighted by atomic mass is 16.3. The summed E-state index contributed by atoms with van der Waals surface area (Å²) in [4.78, 5) is 0. The highest BCUT2D eigenvalue weighted by Crippen LogP contribution is 2.30. The van der Waals surface area contributed by atoms with Crippen molar-refractivity contribution in [1.29, 1.82) is 0 Å². The van der Waals surface area contributed by atoms with Gasteiger partial charge < -0.3 is 0 Å². The molecule has 77 valence electrons. The molecule has 0 unspecified atom stereocenters. The van der Waals surface area contributed by atoms with Gasteiger partial charge in [-0.25, -0.2) is 0 Å². The van der Waals surface area contributed by atoms with Crippen LogP contribution in [0.3, 0.4) is 0 Å². The summed E-state index contributed by atoms with van der Waals surface area (Å²) in [5.74, 6) is 0.168. The Morgan fingerprint density at radius 2 is 1.87 bits per heavy atom. The van der Waals surface area contributed by atoms with E-state index < -0.39 is 0 Å². The molecule has 0 atom stereocenters. The fraction of sp³-hybridized carbons (Fsp3) is 0.286. The number of aryl methyl sites for hydroxylation is 2. The van der Waals surface area contributed by atoms with Gasteiger partial charge in [-0.05, 0) is 35.4 Å². The Morgan fingerprint density at radius 1 is 1.07 bits per heavy atom. The summed E-state index contributed by atoms with van der Waals surface area (Å²) >= 11 is 0. The molecule has 0 bridgehead atoms. The number of hydrogen-bond donors (Lipinski definition) is 0. The first-order valence-electron chi connectivity index (χ1n) is 5.47. The van der Waals surface area contributed by atoms with Crippen LogP contribution in [-0.4, -0.2) is 0 Å². The maximum absolute atomic E-state index is 11.9. The molecule has 2 aromatic rings. The van der Waals surface area contributed by atoms with Gasteiger partial charge in [-0.1, -0.05) is 38.1 Å². The molecule has 0 N–H and O–H groups in total. The van der Waals surface area contributed by atoms with Crippen molar-refractivity contribution in [3.8, 4) is 5.75 Å². The van der Waals surface area contributed by atoms with Gasteiger partial charge in [0.15, 0.2) is 5.75 Å². The molecule has 1 nitrogen and oxygen atoms in total. The van der Waals surface area contributed by atoms with Crippen molar-refractivity contribution >= 4 is 10.8 Å². The first-order valence-corrected chi connectivity index (χ1v) is 5.47. The van der Waals surface area contributed by atoms with E-state index in [9.17, 15) is 5.11 Å². The van der Waals surface area contributed by atoms with E-state index in [2.05, 4.69) is 19.9 Å². The molecule has 15 heavy (non-hydrogen) atoms. The van der Waals surface area contributed by atoms with E-state index in [1.165, 1.54) is 0 Å². The predicted molar refractivity (Wildman–Crippen MR) is 62.8 cm³/mol. The lowest BCUT2D eigenvalue weighted by molar-refractivity contribution is 0.359. The topological polar surface area (TPSA) is 19.9 Å². The second kappa shape index (κ2) is 3.93. The van der Waals surface area contributed by atoms with Crippen molar-refractivity contribution in [2.45, 2.75) is 26.7 Å². The van der Waals surface area contributed by atoms with Crippen LogP contribution >= 0.6 is 0 Å². The summed E-state index contributed by atoms with van der Waals surface area (Å²) in [7, 11) is 0. The molecule has 1 heteroatoms. The molecular weight excluding hydrogens is 184 g/mol. The van der Waals surface area contributed by atoms with Crippen LogP contribution in [-0.2, 0) is 17.9 Å². The zero-order valence-corrected chi connectivity index (χ0v) is 9.21. The fourth-order valence-electron chi connectivity index (χ4n) is 2.02. The van der Waals surface area contributed by atoms with Crippen LogP contribution in [0.2, 0.25) is 0 Å². The van der Waals surface area contributed by atoms with Crippen LogP contribution in [0.5, 0.6) is 5.75 Å². The molecule has 0 aliphatic carbocycles. The van der Waals surface area contributed by atoms with Crippen molar-refractivity contribution in [2.75, 3.05) is 0 Å². The van der Waals surface area contributed by atoms with Gasteiger partial charge in [-0.15, -0.1) is 0 Å². The molecule has 1 radical (unpaired) electrons. The average molecular weight is 199 g/mol. The van der Waals surface area contributed by atoms with Gasteiger partial charge in [0, 0.05) is 5.39 Å². The monoisotopic (exact) mass is 199 g/mol. The number of rotatable bonds is 2. The quantitative estimate of drug-likeness (QED) is 0.693. The van der Waals surface area contributed by atoms with Crippen LogP contribution < -0.4 is 0 Å². The lowest BCUT2D eigenvalue weighted by atomic mass is 9.99. The third kappa shape index (κ3) is 1.70. The highest BCUT2D eigenvalue weighted by molar-refractivity contribution is 5.91. The van der Waals surface area contributed by atoms with E-state index >= 15 is 0 Å². The molecular formula is C14H15O. The molecule has 0 saturated carbocycles. The third-order valence-corrected chi connectivity index (χ3v) is 2.88. The molecule has 2 aromatic carbocycles. The number of hydrogen-bond acceptors (Lipinski definition) is 0.